The molecule has 0 unspecified atom stereocenters. The number of rotatable bonds is 10. The van der Waals surface area contributed by atoms with Crippen molar-refractivity contribution >= 4 is 46.2 Å². The molecule has 0 atom stereocenters. The predicted molar refractivity (Wildman–Crippen MR) is 137 cm³/mol. The van der Waals surface area contributed by atoms with Crippen LogP contribution >= 0.6 is 24.0 Å². The molecule has 0 aromatic heterocycles. The zero-order chi connectivity index (χ0) is 22.8. The van der Waals surface area contributed by atoms with Gasteiger partial charge in [-0.3, -0.25) is 14.5 Å². The summed E-state index contributed by atoms with van der Waals surface area (Å²) in [6.07, 6.45) is 6.95. The SMILES string of the molecule is CC(/C=C1\SC(=S)N(CCCCCC(=O)NCc2ccccc2)C1=O)=C\c1ccccc1. The Balaban J connectivity index is 1.39. The maximum atomic E-state index is 12.8. The average molecular weight is 465 g/mol. The first-order valence-corrected chi connectivity index (χ1v) is 12.0. The number of nitrogens with one attached hydrogen (secondary N) is 1. The Morgan fingerprint density at radius 1 is 1.03 bits per heavy atom. The molecule has 0 saturated carbocycles. The van der Waals surface area contributed by atoms with Crippen LogP contribution in [0.5, 0.6) is 0 Å². The van der Waals surface area contributed by atoms with Crippen LogP contribution in [-0.4, -0.2) is 27.6 Å². The quantitative estimate of drug-likeness (QED) is 0.278. The van der Waals surface area contributed by atoms with Crippen molar-refractivity contribution in [1.82, 2.24) is 10.2 Å². The van der Waals surface area contributed by atoms with Crippen LogP contribution in [0.3, 0.4) is 0 Å². The molecule has 166 valence electrons. The van der Waals surface area contributed by atoms with Gasteiger partial charge in [-0.1, -0.05) is 97.1 Å². The maximum absolute atomic E-state index is 12.8. The smallest absolute Gasteiger partial charge is 0.266 e. The number of nitrogens with zero attached hydrogens (tertiary/aromatic N) is 1. The van der Waals surface area contributed by atoms with Gasteiger partial charge in [-0.05, 0) is 42.5 Å². The fraction of sp³-hybridized carbons (Fsp3) is 0.269. The van der Waals surface area contributed by atoms with Crippen molar-refractivity contribution in [2.24, 2.45) is 0 Å². The maximum Gasteiger partial charge on any atom is 0.266 e. The fourth-order valence-electron chi connectivity index (χ4n) is 3.37. The monoisotopic (exact) mass is 464 g/mol. The molecule has 6 heteroatoms. The number of carbonyl (C=O) groups excluding carboxylic acids is 2. The summed E-state index contributed by atoms with van der Waals surface area (Å²) in [4.78, 5) is 27.1. The van der Waals surface area contributed by atoms with Crippen LogP contribution in [0, 0.1) is 0 Å². The highest BCUT2D eigenvalue weighted by atomic mass is 32.2. The lowest BCUT2D eigenvalue weighted by molar-refractivity contribution is -0.123. The Labute approximate surface area is 199 Å². The number of carbonyl (C=O) groups is 2. The predicted octanol–water partition coefficient (Wildman–Crippen LogP) is 5.71. The summed E-state index contributed by atoms with van der Waals surface area (Å²) in [7, 11) is 0. The largest absolute Gasteiger partial charge is 0.352 e. The third kappa shape index (κ3) is 7.46. The first-order valence-electron chi connectivity index (χ1n) is 10.8. The van der Waals surface area contributed by atoms with Gasteiger partial charge in [0.15, 0.2) is 0 Å². The van der Waals surface area contributed by atoms with E-state index >= 15 is 0 Å². The van der Waals surface area contributed by atoms with E-state index in [0.29, 0.717) is 28.7 Å². The second-order valence-corrected chi connectivity index (χ2v) is 9.38. The van der Waals surface area contributed by atoms with E-state index in [1.54, 1.807) is 4.90 Å². The van der Waals surface area contributed by atoms with Crippen molar-refractivity contribution in [3.05, 3.63) is 88.3 Å². The Morgan fingerprint density at radius 3 is 2.44 bits per heavy atom. The molecule has 0 spiro atoms. The van der Waals surface area contributed by atoms with Gasteiger partial charge in [0.1, 0.15) is 4.32 Å². The number of unbranched alkanes of at least 4 members (excludes halogenated alkanes) is 2. The second kappa shape index (κ2) is 12.4. The molecule has 0 aliphatic carbocycles. The number of allylic oxidation sites excluding steroid dienone is 2. The van der Waals surface area contributed by atoms with Gasteiger partial charge in [0.2, 0.25) is 5.91 Å². The average Bonchev–Trinajstić information content (AvgIpc) is 3.06. The van der Waals surface area contributed by atoms with Crippen molar-refractivity contribution < 1.29 is 9.59 Å². The summed E-state index contributed by atoms with van der Waals surface area (Å²) in [5, 5.41) is 2.95. The fourth-order valence-corrected chi connectivity index (χ4v) is 4.73. The molecule has 1 aliphatic heterocycles. The van der Waals surface area contributed by atoms with Crippen LogP contribution < -0.4 is 5.32 Å². The minimum absolute atomic E-state index is 0.0265. The molecule has 2 aromatic rings. The zero-order valence-corrected chi connectivity index (χ0v) is 19.9. The summed E-state index contributed by atoms with van der Waals surface area (Å²) in [6.45, 7) is 3.14. The summed E-state index contributed by atoms with van der Waals surface area (Å²) in [5.41, 5.74) is 3.21. The number of hydrogen-bond acceptors (Lipinski definition) is 4. The van der Waals surface area contributed by atoms with Crippen molar-refractivity contribution in [3.8, 4) is 0 Å². The third-order valence-electron chi connectivity index (χ3n) is 5.04. The Morgan fingerprint density at radius 2 is 1.72 bits per heavy atom. The summed E-state index contributed by atoms with van der Waals surface area (Å²) >= 11 is 6.78. The highest BCUT2D eigenvalue weighted by Gasteiger charge is 2.31. The molecule has 1 fully saturated rings. The number of benzene rings is 2. The molecule has 1 saturated heterocycles. The van der Waals surface area contributed by atoms with Crippen LogP contribution in [0.2, 0.25) is 0 Å². The van der Waals surface area contributed by atoms with Crippen molar-refractivity contribution in [2.75, 3.05) is 6.54 Å². The molecular formula is C26H28N2O2S2. The lowest BCUT2D eigenvalue weighted by Gasteiger charge is -2.14. The van der Waals surface area contributed by atoms with Gasteiger partial charge in [-0.15, -0.1) is 0 Å². The Kier molecular flexibility index (Phi) is 9.26. The van der Waals surface area contributed by atoms with E-state index in [-0.39, 0.29) is 11.8 Å². The van der Waals surface area contributed by atoms with E-state index < -0.39 is 0 Å². The van der Waals surface area contributed by atoms with Crippen LogP contribution in [0.15, 0.2) is 77.2 Å². The van der Waals surface area contributed by atoms with E-state index in [1.807, 2.05) is 73.7 Å². The molecule has 3 rings (SSSR count). The molecule has 2 aromatic carbocycles. The number of thiocarbonyl (C=S) groups is 1. The normalized spacial score (nSPS) is 15.5. The Bertz CT molecular complexity index is 1000. The van der Waals surface area contributed by atoms with Crippen molar-refractivity contribution in [3.63, 3.8) is 0 Å². The van der Waals surface area contributed by atoms with Gasteiger partial charge < -0.3 is 5.32 Å². The lowest BCUT2D eigenvalue weighted by atomic mass is 10.1. The molecule has 32 heavy (non-hydrogen) atoms. The summed E-state index contributed by atoms with van der Waals surface area (Å²) in [6, 6.07) is 19.9. The lowest BCUT2D eigenvalue weighted by Crippen LogP contribution is -2.29. The first-order chi connectivity index (χ1) is 15.5. The zero-order valence-electron chi connectivity index (χ0n) is 18.3. The van der Waals surface area contributed by atoms with E-state index in [4.69, 9.17) is 12.2 Å². The highest BCUT2D eigenvalue weighted by Crippen LogP contribution is 2.32. The highest BCUT2D eigenvalue weighted by molar-refractivity contribution is 8.26. The number of amides is 2. The van der Waals surface area contributed by atoms with Crippen LogP contribution in [0.4, 0.5) is 0 Å². The third-order valence-corrected chi connectivity index (χ3v) is 6.42. The van der Waals surface area contributed by atoms with Gasteiger partial charge in [-0.25, -0.2) is 0 Å². The molecule has 2 amide bonds. The minimum atomic E-state index is -0.0265. The molecule has 1 heterocycles. The van der Waals surface area contributed by atoms with E-state index in [9.17, 15) is 9.59 Å². The molecule has 1 aliphatic rings. The standard InChI is InChI=1S/C26H28N2O2S2/c1-20(17-21-11-5-2-6-12-21)18-23-25(30)28(26(31)32-23)16-10-4-9-15-24(29)27-19-22-13-7-3-8-14-22/h2-3,5-8,11-14,17-18H,4,9-10,15-16,19H2,1H3,(H,27,29)/b20-17+,23-18-. The van der Waals surface area contributed by atoms with Crippen molar-refractivity contribution in [2.45, 2.75) is 39.2 Å². The van der Waals surface area contributed by atoms with Crippen LogP contribution in [0.25, 0.3) is 6.08 Å². The van der Waals surface area contributed by atoms with Gasteiger partial charge in [-0.2, -0.15) is 0 Å². The summed E-state index contributed by atoms with van der Waals surface area (Å²) in [5.74, 6) is 0.0319. The second-order valence-electron chi connectivity index (χ2n) is 7.71. The van der Waals surface area contributed by atoms with Gasteiger partial charge in [0.05, 0.1) is 4.91 Å². The number of thioether (sulfide) groups is 1. The van der Waals surface area contributed by atoms with Crippen molar-refractivity contribution in [1.29, 1.82) is 0 Å². The van der Waals surface area contributed by atoms with E-state index in [2.05, 4.69) is 11.4 Å². The topological polar surface area (TPSA) is 49.4 Å². The number of hydrogen-bond donors (Lipinski definition) is 1. The van der Waals surface area contributed by atoms with Gasteiger partial charge in [0.25, 0.3) is 5.91 Å². The first kappa shape index (κ1) is 24.0. The minimum Gasteiger partial charge on any atom is -0.352 e. The van der Waals surface area contributed by atoms with Crippen LogP contribution in [0.1, 0.15) is 43.7 Å². The van der Waals surface area contributed by atoms with Gasteiger partial charge in [0, 0.05) is 19.5 Å². The molecule has 0 radical (unpaired) electrons. The molecule has 4 nitrogen and oxygen atoms in total. The van der Waals surface area contributed by atoms with E-state index in [1.165, 1.54) is 11.8 Å². The molecule has 1 N–H and O–H groups in total. The van der Waals surface area contributed by atoms with Crippen LogP contribution in [-0.2, 0) is 16.1 Å². The van der Waals surface area contributed by atoms with Gasteiger partial charge >= 0.3 is 0 Å². The van der Waals surface area contributed by atoms with E-state index in [0.717, 1.165) is 36.0 Å². The Hall–Kier alpha value is -2.70. The summed E-state index contributed by atoms with van der Waals surface area (Å²) < 4.78 is 0.606. The molecular weight excluding hydrogens is 436 g/mol. The molecule has 0 bridgehead atoms.